The molecule has 0 aliphatic carbocycles. The zero-order valence-corrected chi connectivity index (χ0v) is 9.11. The second-order valence-corrected chi connectivity index (χ2v) is 4.47. The fourth-order valence-corrected chi connectivity index (χ4v) is 1.92. The second kappa shape index (κ2) is 5.49. The van der Waals surface area contributed by atoms with E-state index in [-0.39, 0.29) is 0 Å². The fourth-order valence-electron chi connectivity index (χ4n) is 0.968. The Hall–Kier alpha value is -0.230. The van der Waals surface area contributed by atoms with Gasteiger partial charge in [0.15, 0.2) is 0 Å². The Morgan fingerprint density at radius 3 is 2.85 bits per heavy atom. The van der Waals surface area contributed by atoms with E-state index in [9.17, 15) is 0 Å². The van der Waals surface area contributed by atoms with Gasteiger partial charge in [0.2, 0.25) is 4.47 Å². The van der Waals surface area contributed by atoms with Gasteiger partial charge in [0.25, 0.3) is 0 Å². The van der Waals surface area contributed by atoms with E-state index in [4.69, 9.17) is 17.3 Å². The molecule has 0 radical (unpaired) electrons. The molecule has 0 bridgehead atoms. The Labute approximate surface area is 86.7 Å². The Bertz CT molecular complexity index is 252. The van der Waals surface area contributed by atoms with Gasteiger partial charge in [-0.2, -0.15) is 0 Å². The summed E-state index contributed by atoms with van der Waals surface area (Å²) in [6.07, 6.45) is 1.00. The van der Waals surface area contributed by atoms with Crippen molar-refractivity contribution < 1.29 is 0 Å². The van der Waals surface area contributed by atoms with E-state index in [1.165, 1.54) is 11.3 Å². The maximum absolute atomic E-state index is 5.65. The van der Waals surface area contributed by atoms with Crippen LogP contribution in [0.3, 0.4) is 0 Å². The summed E-state index contributed by atoms with van der Waals surface area (Å²) >= 11 is 7.07. The van der Waals surface area contributed by atoms with Crippen LogP contribution in [0.1, 0.15) is 11.4 Å². The molecule has 0 saturated carbocycles. The molecule has 0 saturated heterocycles. The molecule has 0 aliphatic rings. The van der Waals surface area contributed by atoms with Crippen LogP contribution >= 0.6 is 22.9 Å². The number of nitrogens with two attached hydrogens (primary N) is 1. The van der Waals surface area contributed by atoms with Crippen LogP contribution in [-0.2, 0) is 6.54 Å². The highest BCUT2D eigenvalue weighted by molar-refractivity contribution is 7.15. The van der Waals surface area contributed by atoms with Gasteiger partial charge in [-0.1, -0.05) is 11.3 Å². The highest BCUT2D eigenvalue weighted by Crippen LogP contribution is 2.15. The van der Waals surface area contributed by atoms with E-state index < -0.39 is 0 Å². The summed E-state index contributed by atoms with van der Waals surface area (Å²) in [7, 11) is 2.03. The van der Waals surface area contributed by atoms with Crippen molar-refractivity contribution in [3.05, 3.63) is 9.47 Å². The largest absolute Gasteiger partial charge is 0.330 e. The summed E-state index contributed by atoms with van der Waals surface area (Å²) < 4.78 is 0.502. The molecular weight excluding hydrogens is 208 g/mol. The molecule has 13 heavy (non-hydrogen) atoms. The molecule has 0 aromatic carbocycles. The number of hydrogen-bond donors (Lipinski definition) is 1. The average molecular weight is 221 g/mol. The molecule has 0 aliphatic heterocycles. The lowest BCUT2D eigenvalue weighted by Gasteiger charge is -2.13. The highest BCUT2D eigenvalue weighted by Gasteiger charge is 2.04. The average Bonchev–Trinajstić information content (AvgIpc) is 2.48. The lowest BCUT2D eigenvalue weighted by molar-refractivity contribution is 0.323. The van der Waals surface area contributed by atoms with Crippen LogP contribution in [0.25, 0.3) is 0 Å². The molecular formula is C7H13ClN4S. The SMILES string of the molecule is CN(CCCN)Cc1nnc(Cl)s1. The summed E-state index contributed by atoms with van der Waals surface area (Å²) in [6, 6.07) is 0. The molecule has 4 nitrogen and oxygen atoms in total. The highest BCUT2D eigenvalue weighted by atomic mass is 35.5. The Morgan fingerprint density at radius 1 is 1.54 bits per heavy atom. The van der Waals surface area contributed by atoms with Gasteiger partial charge >= 0.3 is 0 Å². The summed E-state index contributed by atoms with van der Waals surface area (Å²) in [5, 5.41) is 8.61. The summed E-state index contributed by atoms with van der Waals surface area (Å²) in [5.74, 6) is 0. The van der Waals surface area contributed by atoms with Crippen molar-refractivity contribution in [2.45, 2.75) is 13.0 Å². The van der Waals surface area contributed by atoms with Gasteiger partial charge in [-0.25, -0.2) is 0 Å². The Balaban J connectivity index is 2.31. The molecule has 2 N–H and O–H groups in total. The third-order valence-corrected chi connectivity index (χ3v) is 2.59. The monoisotopic (exact) mass is 220 g/mol. The van der Waals surface area contributed by atoms with Crippen molar-refractivity contribution >= 4 is 22.9 Å². The first-order valence-electron chi connectivity index (χ1n) is 4.09. The van der Waals surface area contributed by atoms with Crippen LogP contribution in [0.5, 0.6) is 0 Å². The van der Waals surface area contributed by atoms with Crippen LogP contribution in [0.4, 0.5) is 0 Å². The molecule has 1 rings (SSSR count). The van der Waals surface area contributed by atoms with Gasteiger partial charge in [0.1, 0.15) is 5.01 Å². The number of aromatic nitrogens is 2. The van der Waals surface area contributed by atoms with Crippen molar-refractivity contribution in [3.63, 3.8) is 0 Å². The first kappa shape index (κ1) is 10.8. The van der Waals surface area contributed by atoms with Crippen molar-refractivity contribution in [1.82, 2.24) is 15.1 Å². The normalized spacial score (nSPS) is 11.1. The molecule has 1 heterocycles. The molecule has 1 aromatic rings. The third-order valence-electron chi connectivity index (χ3n) is 1.59. The minimum Gasteiger partial charge on any atom is -0.330 e. The van der Waals surface area contributed by atoms with Gasteiger partial charge < -0.3 is 5.73 Å². The van der Waals surface area contributed by atoms with Crippen molar-refractivity contribution in [3.8, 4) is 0 Å². The van der Waals surface area contributed by atoms with E-state index in [1.807, 2.05) is 7.05 Å². The molecule has 6 heteroatoms. The number of nitrogens with zero attached hydrogens (tertiary/aromatic N) is 3. The standard InChI is InChI=1S/C7H13ClN4S/c1-12(4-2-3-9)5-6-10-11-7(8)13-6/h2-5,9H2,1H3. The minimum absolute atomic E-state index is 0.502. The quantitative estimate of drug-likeness (QED) is 0.804. The maximum Gasteiger partial charge on any atom is 0.207 e. The minimum atomic E-state index is 0.502. The number of hydrogen-bond acceptors (Lipinski definition) is 5. The lowest BCUT2D eigenvalue weighted by atomic mass is 10.4. The Morgan fingerprint density at radius 2 is 2.31 bits per heavy atom. The van der Waals surface area contributed by atoms with E-state index in [0.29, 0.717) is 4.47 Å². The second-order valence-electron chi connectivity index (χ2n) is 2.83. The van der Waals surface area contributed by atoms with Crippen LogP contribution in [0.15, 0.2) is 0 Å². The van der Waals surface area contributed by atoms with Crippen molar-refractivity contribution in [2.75, 3.05) is 20.1 Å². The third kappa shape index (κ3) is 3.99. The summed E-state index contributed by atoms with van der Waals surface area (Å²) in [5.41, 5.74) is 5.40. The fraction of sp³-hybridized carbons (Fsp3) is 0.714. The molecule has 0 spiro atoms. The molecule has 0 amide bonds. The topological polar surface area (TPSA) is 55.0 Å². The lowest BCUT2D eigenvalue weighted by Crippen LogP contribution is -2.21. The smallest absolute Gasteiger partial charge is 0.207 e. The molecule has 0 unspecified atom stereocenters. The van der Waals surface area contributed by atoms with Crippen LogP contribution in [0.2, 0.25) is 4.47 Å². The van der Waals surface area contributed by atoms with E-state index in [0.717, 1.165) is 31.1 Å². The van der Waals surface area contributed by atoms with Gasteiger partial charge in [0.05, 0.1) is 6.54 Å². The number of halogens is 1. The Kier molecular flexibility index (Phi) is 4.58. The predicted molar refractivity (Wildman–Crippen MR) is 54.9 cm³/mol. The summed E-state index contributed by atoms with van der Waals surface area (Å²) in [4.78, 5) is 2.16. The first-order valence-corrected chi connectivity index (χ1v) is 5.28. The van der Waals surface area contributed by atoms with Crippen LogP contribution in [-0.4, -0.2) is 35.2 Å². The van der Waals surface area contributed by atoms with Crippen LogP contribution in [0, 0.1) is 0 Å². The van der Waals surface area contributed by atoms with E-state index in [1.54, 1.807) is 0 Å². The van der Waals surface area contributed by atoms with E-state index >= 15 is 0 Å². The van der Waals surface area contributed by atoms with E-state index in [2.05, 4.69) is 15.1 Å². The van der Waals surface area contributed by atoms with Crippen LogP contribution < -0.4 is 5.73 Å². The molecule has 0 atom stereocenters. The van der Waals surface area contributed by atoms with Gasteiger partial charge in [-0.05, 0) is 38.2 Å². The first-order chi connectivity index (χ1) is 6.22. The molecule has 1 aromatic heterocycles. The maximum atomic E-state index is 5.65. The zero-order valence-electron chi connectivity index (χ0n) is 7.53. The van der Waals surface area contributed by atoms with Crippen molar-refractivity contribution in [2.24, 2.45) is 5.73 Å². The predicted octanol–water partition coefficient (Wildman–Crippen LogP) is 0.972. The van der Waals surface area contributed by atoms with Gasteiger partial charge in [-0.15, -0.1) is 10.2 Å². The van der Waals surface area contributed by atoms with Gasteiger partial charge in [-0.3, -0.25) is 4.90 Å². The zero-order chi connectivity index (χ0) is 9.68. The molecule has 0 fully saturated rings. The van der Waals surface area contributed by atoms with Crippen molar-refractivity contribution in [1.29, 1.82) is 0 Å². The number of rotatable bonds is 5. The summed E-state index contributed by atoms with van der Waals surface area (Å²) in [6.45, 7) is 2.50. The van der Waals surface area contributed by atoms with Gasteiger partial charge in [0, 0.05) is 0 Å². The molecule has 74 valence electrons.